The Morgan fingerprint density at radius 1 is 1.47 bits per heavy atom. The van der Waals surface area contributed by atoms with Crippen LogP contribution in [0.25, 0.3) is 0 Å². The van der Waals surface area contributed by atoms with E-state index in [9.17, 15) is 17.2 Å². The van der Waals surface area contributed by atoms with Gasteiger partial charge in [0.1, 0.15) is 5.69 Å². The standard InChI is InChI=1S/C6H2Cl2F2INO2S/c7-2-1-3(5(9)10)12-6(4(2)11)15(8,13)14/h1,5H. The number of hydrogen-bond donors (Lipinski definition) is 0. The first-order chi connectivity index (χ1) is 6.73. The highest BCUT2D eigenvalue weighted by atomic mass is 127. The van der Waals surface area contributed by atoms with E-state index in [0.29, 0.717) is 0 Å². The topological polar surface area (TPSA) is 47.0 Å². The lowest BCUT2D eigenvalue weighted by molar-refractivity contribution is 0.145. The molecule has 1 aromatic rings. The summed E-state index contributed by atoms with van der Waals surface area (Å²) < 4.78 is 46.5. The predicted octanol–water partition coefficient (Wildman–Crippen LogP) is 3.20. The smallest absolute Gasteiger partial charge is 0.233 e. The van der Waals surface area contributed by atoms with Crippen molar-refractivity contribution in [1.29, 1.82) is 0 Å². The summed E-state index contributed by atoms with van der Waals surface area (Å²) in [6.07, 6.45) is -2.91. The lowest BCUT2D eigenvalue weighted by Gasteiger charge is -2.05. The molecule has 0 saturated heterocycles. The molecule has 84 valence electrons. The van der Waals surface area contributed by atoms with Gasteiger partial charge in [0.2, 0.25) is 0 Å². The molecule has 0 atom stereocenters. The second-order valence-electron chi connectivity index (χ2n) is 2.39. The Bertz CT molecular complexity index is 494. The largest absolute Gasteiger partial charge is 0.280 e. The van der Waals surface area contributed by atoms with Gasteiger partial charge in [-0.2, -0.15) is 0 Å². The van der Waals surface area contributed by atoms with Gasteiger partial charge in [-0.3, -0.25) is 0 Å². The minimum absolute atomic E-state index is 0.0219. The molecule has 0 fully saturated rings. The molecule has 9 heteroatoms. The predicted molar refractivity (Wildman–Crippen MR) is 60.0 cm³/mol. The summed E-state index contributed by atoms with van der Waals surface area (Å²) in [5.74, 6) is 0. The Morgan fingerprint density at radius 3 is 2.40 bits per heavy atom. The fourth-order valence-electron chi connectivity index (χ4n) is 0.767. The van der Waals surface area contributed by atoms with E-state index in [1.807, 2.05) is 0 Å². The van der Waals surface area contributed by atoms with Crippen LogP contribution in [-0.4, -0.2) is 13.4 Å². The third-order valence-electron chi connectivity index (χ3n) is 1.36. The van der Waals surface area contributed by atoms with Crippen LogP contribution in [0.5, 0.6) is 0 Å². The van der Waals surface area contributed by atoms with Crippen molar-refractivity contribution in [2.75, 3.05) is 0 Å². The molecule has 0 aromatic carbocycles. The van der Waals surface area contributed by atoms with Gasteiger partial charge in [-0.25, -0.2) is 22.2 Å². The van der Waals surface area contributed by atoms with Crippen LogP contribution in [0.15, 0.2) is 11.1 Å². The summed E-state index contributed by atoms with van der Waals surface area (Å²) in [5.41, 5.74) is -0.723. The normalized spacial score (nSPS) is 12.1. The molecular formula is C6H2Cl2F2INO2S. The van der Waals surface area contributed by atoms with Crippen LogP contribution in [-0.2, 0) is 9.05 Å². The number of hydrogen-bond acceptors (Lipinski definition) is 3. The number of halogens is 5. The van der Waals surface area contributed by atoms with E-state index >= 15 is 0 Å². The van der Waals surface area contributed by atoms with Crippen molar-refractivity contribution >= 4 is 53.9 Å². The summed E-state index contributed by atoms with van der Waals surface area (Å²) in [7, 11) is 0.838. The molecule has 0 aliphatic rings. The van der Waals surface area contributed by atoms with Crippen molar-refractivity contribution in [2.45, 2.75) is 11.5 Å². The molecule has 0 N–H and O–H groups in total. The van der Waals surface area contributed by atoms with Gasteiger partial charge in [0, 0.05) is 10.7 Å². The van der Waals surface area contributed by atoms with Gasteiger partial charge >= 0.3 is 0 Å². The van der Waals surface area contributed by atoms with Crippen molar-refractivity contribution in [3.63, 3.8) is 0 Å². The van der Waals surface area contributed by atoms with E-state index in [-0.39, 0.29) is 8.59 Å². The van der Waals surface area contributed by atoms with Gasteiger partial charge in [0.05, 0.1) is 8.59 Å². The van der Waals surface area contributed by atoms with Crippen molar-refractivity contribution < 1.29 is 17.2 Å². The average molecular weight is 388 g/mol. The summed E-state index contributed by atoms with van der Waals surface area (Å²) in [5, 5.41) is -0.771. The van der Waals surface area contributed by atoms with E-state index < -0.39 is 26.2 Å². The molecule has 0 bridgehead atoms. The first-order valence-electron chi connectivity index (χ1n) is 3.32. The fourth-order valence-corrected chi connectivity index (χ4v) is 3.43. The molecule has 1 heterocycles. The Balaban J connectivity index is 3.52. The maximum absolute atomic E-state index is 12.3. The van der Waals surface area contributed by atoms with E-state index in [1.54, 1.807) is 22.6 Å². The summed E-state index contributed by atoms with van der Waals surface area (Å²) in [6, 6.07) is 0.902. The van der Waals surface area contributed by atoms with Crippen LogP contribution >= 0.6 is 44.9 Å². The van der Waals surface area contributed by atoms with Crippen LogP contribution in [0.1, 0.15) is 12.1 Å². The maximum Gasteiger partial charge on any atom is 0.280 e. The Hall–Kier alpha value is 0.270. The average Bonchev–Trinajstić information content (AvgIpc) is 2.06. The van der Waals surface area contributed by atoms with Gasteiger partial charge in [-0.1, -0.05) is 11.6 Å². The number of rotatable bonds is 2. The molecule has 0 radical (unpaired) electrons. The Kier molecular flexibility index (Phi) is 4.13. The zero-order valence-electron chi connectivity index (χ0n) is 6.72. The van der Waals surface area contributed by atoms with Crippen molar-refractivity contribution in [1.82, 2.24) is 4.98 Å². The second-order valence-corrected chi connectivity index (χ2v) is 6.35. The molecule has 1 rings (SSSR count). The molecule has 0 aliphatic heterocycles. The van der Waals surface area contributed by atoms with Crippen LogP contribution < -0.4 is 0 Å². The second kappa shape index (κ2) is 4.64. The minimum Gasteiger partial charge on any atom is -0.233 e. The highest BCUT2D eigenvalue weighted by Crippen LogP contribution is 2.30. The molecule has 0 unspecified atom stereocenters. The maximum atomic E-state index is 12.3. The zero-order chi connectivity index (χ0) is 11.8. The molecule has 0 aliphatic carbocycles. The molecule has 0 amide bonds. The van der Waals surface area contributed by atoms with Gasteiger partial charge in [-0.15, -0.1) is 0 Å². The molecule has 0 spiro atoms. The SMILES string of the molecule is O=S(=O)(Cl)c1nc(C(F)F)cc(Cl)c1I. The quantitative estimate of drug-likeness (QED) is 0.578. The van der Waals surface area contributed by atoms with Gasteiger partial charge in [0.25, 0.3) is 15.5 Å². The molecule has 0 saturated carbocycles. The number of pyridine rings is 1. The van der Waals surface area contributed by atoms with Gasteiger partial charge < -0.3 is 0 Å². The van der Waals surface area contributed by atoms with Crippen LogP contribution in [0.4, 0.5) is 8.78 Å². The fraction of sp³-hybridized carbons (Fsp3) is 0.167. The molecule has 1 aromatic heterocycles. The minimum atomic E-state index is -4.18. The number of alkyl halides is 2. The Labute approximate surface area is 107 Å². The van der Waals surface area contributed by atoms with E-state index in [4.69, 9.17) is 22.3 Å². The zero-order valence-corrected chi connectivity index (χ0v) is 11.2. The first-order valence-corrected chi connectivity index (χ1v) is 7.09. The molecule has 15 heavy (non-hydrogen) atoms. The summed E-state index contributed by atoms with van der Waals surface area (Å²) in [6.45, 7) is 0. The summed E-state index contributed by atoms with van der Waals surface area (Å²) in [4.78, 5) is 3.24. The lowest BCUT2D eigenvalue weighted by atomic mass is 10.4. The number of aromatic nitrogens is 1. The van der Waals surface area contributed by atoms with Crippen molar-refractivity contribution in [3.8, 4) is 0 Å². The van der Waals surface area contributed by atoms with E-state index in [1.165, 1.54) is 0 Å². The van der Waals surface area contributed by atoms with Gasteiger partial charge in [-0.05, 0) is 28.7 Å². The molecule has 3 nitrogen and oxygen atoms in total. The van der Waals surface area contributed by atoms with Crippen molar-refractivity contribution in [3.05, 3.63) is 20.4 Å². The van der Waals surface area contributed by atoms with Crippen molar-refractivity contribution in [2.24, 2.45) is 0 Å². The first kappa shape index (κ1) is 13.3. The van der Waals surface area contributed by atoms with E-state index in [2.05, 4.69) is 4.98 Å². The highest BCUT2D eigenvalue weighted by molar-refractivity contribution is 14.1. The van der Waals surface area contributed by atoms with E-state index in [0.717, 1.165) is 6.07 Å². The third-order valence-corrected chi connectivity index (χ3v) is 4.63. The van der Waals surface area contributed by atoms with Gasteiger partial charge in [0.15, 0.2) is 5.03 Å². The third kappa shape index (κ3) is 3.11. The Morgan fingerprint density at radius 2 is 2.00 bits per heavy atom. The van der Waals surface area contributed by atoms with Crippen LogP contribution in [0.3, 0.4) is 0 Å². The summed E-state index contributed by atoms with van der Waals surface area (Å²) >= 11 is 7.13. The lowest BCUT2D eigenvalue weighted by Crippen LogP contribution is -2.03. The monoisotopic (exact) mass is 387 g/mol. The highest BCUT2D eigenvalue weighted by Gasteiger charge is 2.22. The van der Waals surface area contributed by atoms with Crippen LogP contribution in [0, 0.1) is 3.57 Å². The molecular weight excluding hydrogens is 386 g/mol. The number of nitrogens with zero attached hydrogens (tertiary/aromatic N) is 1. The van der Waals surface area contributed by atoms with Crippen LogP contribution in [0.2, 0.25) is 5.02 Å².